The number of halogens is 1. The van der Waals surface area contributed by atoms with Gasteiger partial charge in [0.15, 0.2) is 5.82 Å². The van der Waals surface area contributed by atoms with E-state index in [4.69, 9.17) is 16.1 Å². The Labute approximate surface area is 113 Å². The summed E-state index contributed by atoms with van der Waals surface area (Å²) in [5, 5.41) is 18.0. The third-order valence-electron chi connectivity index (χ3n) is 2.41. The zero-order valence-electron chi connectivity index (χ0n) is 10.1. The van der Waals surface area contributed by atoms with Gasteiger partial charge >= 0.3 is 0 Å². The van der Waals surface area contributed by atoms with Crippen molar-refractivity contribution in [2.75, 3.05) is 0 Å². The van der Waals surface area contributed by atoms with Crippen molar-refractivity contribution in [2.45, 2.75) is 20.0 Å². The zero-order valence-corrected chi connectivity index (χ0v) is 10.8. The number of benzene rings is 1. The smallest absolute Gasteiger partial charge is 0.273 e. The molecule has 0 atom stereocenters. The van der Waals surface area contributed by atoms with Crippen LogP contribution in [0.1, 0.15) is 17.3 Å². The molecule has 19 heavy (non-hydrogen) atoms. The summed E-state index contributed by atoms with van der Waals surface area (Å²) in [6.07, 6.45) is 0. The van der Waals surface area contributed by atoms with Gasteiger partial charge in [0.2, 0.25) is 5.89 Å². The molecule has 100 valence electrons. The highest BCUT2D eigenvalue weighted by Crippen LogP contribution is 2.22. The van der Waals surface area contributed by atoms with Crippen molar-refractivity contribution in [3.63, 3.8) is 0 Å². The zero-order chi connectivity index (χ0) is 13.8. The van der Waals surface area contributed by atoms with E-state index in [0.29, 0.717) is 35.4 Å². The van der Waals surface area contributed by atoms with Crippen LogP contribution in [0.4, 0.5) is 5.69 Å². The number of aryl methyl sites for hydroxylation is 1. The molecule has 0 fully saturated rings. The van der Waals surface area contributed by atoms with E-state index in [1.54, 1.807) is 13.0 Å². The van der Waals surface area contributed by atoms with Crippen molar-refractivity contribution in [1.29, 1.82) is 0 Å². The van der Waals surface area contributed by atoms with Gasteiger partial charge in [-0.3, -0.25) is 10.1 Å². The molecule has 7 nitrogen and oxygen atoms in total. The number of rotatable bonds is 5. The average molecular weight is 283 g/mol. The normalized spacial score (nSPS) is 10.6. The average Bonchev–Trinajstić information content (AvgIpc) is 2.75. The molecule has 0 saturated heterocycles. The molecule has 8 heteroatoms. The largest absolute Gasteiger partial charge is 0.340 e. The van der Waals surface area contributed by atoms with Gasteiger partial charge < -0.3 is 9.84 Å². The first-order chi connectivity index (χ1) is 9.06. The fourth-order valence-corrected chi connectivity index (χ4v) is 1.79. The van der Waals surface area contributed by atoms with Crippen LogP contribution < -0.4 is 5.32 Å². The maximum Gasteiger partial charge on any atom is 0.273 e. The predicted molar refractivity (Wildman–Crippen MR) is 67.7 cm³/mol. The van der Waals surface area contributed by atoms with Crippen LogP contribution >= 0.6 is 11.6 Å². The minimum Gasteiger partial charge on any atom is -0.340 e. The van der Waals surface area contributed by atoms with Crippen molar-refractivity contribution < 1.29 is 9.45 Å². The molecule has 1 aromatic carbocycles. The molecule has 2 aromatic rings. The summed E-state index contributed by atoms with van der Waals surface area (Å²) in [7, 11) is 0. The van der Waals surface area contributed by atoms with E-state index >= 15 is 0 Å². The van der Waals surface area contributed by atoms with E-state index in [-0.39, 0.29) is 5.69 Å². The molecule has 0 amide bonds. The highest BCUT2D eigenvalue weighted by molar-refractivity contribution is 6.30. The highest BCUT2D eigenvalue weighted by Gasteiger charge is 2.13. The van der Waals surface area contributed by atoms with Crippen LogP contribution in [0, 0.1) is 17.0 Å². The number of aromatic nitrogens is 2. The lowest BCUT2D eigenvalue weighted by molar-refractivity contribution is -0.385. The topological polar surface area (TPSA) is 94.1 Å². The molecular formula is C11H11ClN4O3. The molecule has 0 aliphatic carbocycles. The molecule has 2 rings (SSSR count). The second-order valence-electron chi connectivity index (χ2n) is 3.86. The van der Waals surface area contributed by atoms with Gasteiger partial charge in [-0.15, -0.1) is 0 Å². The number of nitro benzene ring substituents is 1. The molecule has 0 saturated carbocycles. The van der Waals surface area contributed by atoms with Crippen LogP contribution in [-0.4, -0.2) is 15.1 Å². The Morgan fingerprint density at radius 3 is 2.89 bits per heavy atom. The summed E-state index contributed by atoms with van der Waals surface area (Å²) in [4.78, 5) is 14.4. The number of nitrogens with zero attached hydrogens (tertiary/aromatic N) is 3. The molecular weight excluding hydrogens is 272 g/mol. The number of hydrogen-bond acceptors (Lipinski definition) is 6. The number of nitro groups is 1. The Balaban J connectivity index is 2.02. The van der Waals surface area contributed by atoms with Gasteiger partial charge in [-0.05, 0) is 12.1 Å². The van der Waals surface area contributed by atoms with Crippen molar-refractivity contribution in [3.05, 3.63) is 50.6 Å². The quantitative estimate of drug-likeness (QED) is 0.667. The van der Waals surface area contributed by atoms with Gasteiger partial charge in [0.05, 0.1) is 11.5 Å². The van der Waals surface area contributed by atoms with Crippen LogP contribution in [0.25, 0.3) is 0 Å². The van der Waals surface area contributed by atoms with Crippen LogP contribution in [0.5, 0.6) is 0 Å². The molecule has 0 bridgehead atoms. The van der Waals surface area contributed by atoms with E-state index in [1.165, 1.54) is 12.1 Å². The van der Waals surface area contributed by atoms with E-state index in [1.807, 2.05) is 0 Å². The van der Waals surface area contributed by atoms with Crippen molar-refractivity contribution in [2.24, 2.45) is 0 Å². The first-order valence-corrected chi connectivity index (χ1v) is 5.87. The minimum absolute atomic E-state index is 0.0289. The molecule has 1 heterocycles. The Bertz CT molecular complexity index is 599. The van der Waals surface area contributed by atoms with Crippen LogP contribution in [-0.2, 0) is 13.1 Å². The lowest BCUT2D eigenvalue weighted by atomic mass is 10.2. The molecule has 0 spiro atoms. The summed E-state index contributed by atoms with van der Waals surface area (Å²) in [6, 6.07) is 4.44. The van der Waals surface area contributed by atoms with E-state index in [9.17, 15) is 10.1 Å². The van der Waals surface area contributed by atoms with E-state index in [0.717, 1.165) is 0 Å². The first-order valence-electron chi connectivity index (χ1n) is 5.49. The molecule has 1 N–H and O–H groups in total. The van der Waals surface area contributed by atoms with Crippen LogP contribution in [0.15, 0.2) is 22.7 Å². The third kappa shape index (κ3) is 3.49. The maximum atomic E-state index is 10.9. The Morgan fingerprint density at radius 2 is 2.26 bits per heavy atom. The summed E-state index contributed by atoms with van der Waals surface area (Å²) in [5.41, 5.74) is 0.541. The van der Waals surface area contributed by atoms with Gasteiger partial charge in [0, 0.05) is 30.1 Å². The monoisotopic (exact) mass is 282 g/mol. The fraction of sp³-hybridized carbons (Fsp3) is 0.273. The van der Waals surface area contributed by atoms with E-state index < -0.39 is 4.92 Å². The molecule has 0 radical (unpaired) electrons. The molecule has 1 aromatic heterocycles. The maximum absolute atomic E-state index is 10.9. The van der Waals surface area contributed by atoms with E-state index in [2.05, 4.69) is 15.5 Å². The molecule has 0 aliphatic heterocycles. The number of hydrogen-bond donors (Lipinski definition) is 1. The lowest BCUT2D eigenvalue weighted by Gasteiger charge is -2.04. The van der Waals surface area contributed by atoms with Gasteiger partial charge in [-0.1, -0.05) is 16.8 Å². The lowest BCUT2D eigenvalue weighted by Crippen LogP contribution is -2.14. The van der Waals surface area contributed by atoms with Crippen molar-refractivity contribution in [1.82, 2.24) is 15.5 Å². The second-order valence-corrected chi connectivity index (χ2v) is 4.30. The van der Waals surface area contributed by atoms with Crippen molar-refractivity contribution in [3.8, 4) is 0 Å². The predicted octanol–water partition coefficient (Wildman–Crippen LogP) is 2.23. The Morgan fingerprint density at radius 1 is 1.47 bits per heavy atom. The SMILES string of the molecule is Cc1nc(CNCc2cc(Cl)ccc2[N+](=O)[O-])no1. The standard InChI is InChI=1S/C11H11ClN4O3/c1-7-14-11(15-19-7)6-13-5-8-4-9(12)2-3-10(8)16(17)18/h2-4,13H,5-6H2,1H3. The van der Waals surface area contributed by atoms with Gasteiger partial charge in [-0.25, -0.2) is 0 Å². The second kappa shape index (κ2) is 5.77. The van der Waals surface area contributed by atoms with Crippen molar-refractivity contribution >= 4 is 17.3 Å². The fourth-order valence-electron chi connectivity index (χ4n) is 1.60. The minimum atomic E-state index is -0.439. The summed E-state index contributed by atoms with van der Waals surface area (Å²) in [6.45, 7) is 2.35. The molecule has 0 unspecified atom stereocenters. The van der Waals surface area contributed by atoms with Gasteiger partial charge in [0.1, 0.15) is 0 Å². The van der Waals surface area contributed by atoms with Crippen LogP contribution in [0.2, 0.25) is 5.02 Å². The highest BCUT2D eigenvalue weighted by atomic mass is 35.5. The van der Waals surface area contributed by atoms with Gasteiger partial charge in [-0.2, -0.15) is 4.98 Å². The Hall–Kier alpha value is -1.99. The molecule has 0 aliphatic rings. The summed E-state index contributed by atoms with van der Waals surface area (Å²) in [5.74, 6) is 0.979. The van der Waals surface area contributed by atoms with Crippen LogP contribution in [0.3, 0.4) is 0 Å². The first kappa shape index (κ1) is 13.4. The Kier molecular flexibility index (Phi) is 4.08. The number of nitrogens with one attached hydrogen (secondary N) is 1. The summed E-state index contributed by atoms with van der Waals surface area (Å²) >= 11 is 5.83. The van der Waals surface area contributed by atoms with Gasteiger partial charge in [0.25, 0.3) is 5.69 Å². The third-order valence-corrected chi connectivity index (χ3v) is 2.64. The summed E-state index contributed by atoms with van der Waals surface area (Å²) < 4.78 is 4.82.